The van der Waals surface area contributed by atoms with Gasteiger partial charge >= 0.3 is 5.97 Å². The maximum atomic E-state index is 12.4. The zero-order valence-corrected chi connectivity index (χ0v) is 16.7. The number of carbonyl (C=O) groups is 2. The van der Waals surface area contributed by atoms with E-state index >= 15 is 0 Å². The predicted molar refractivity (Wildman–Crippen MR) is 111 cm³/mol. The number of hydrogen-bond acceptors (Lipinski definition) is 5. The van der Waals surface area contributed by atoms with Crippen molar-refractivity contribution in [3.63, 3.8) is 0 Å². The highest BCUT2D eigenvalue weighted by Gasteiger charge is 2.16. The van der Waals surface area contributed by atoms with Gasteiger partial charge in [0.2, 0.25) is 0 Å². The molecule has 0 spiro atoms. The van der Waals surface area contributed by atoms with Crippen molar-refractivity contribution in [2.24, 2.45) is 7.05 Å². The third-order valence-corrected chi connectivity index (χ3v) is 4.28. The Balaban J connectivity index is 1.63. The predicted octanol–water partition coefficient (Wildman–Crippen LogP) is 3.77. The van der Waals surface area contributed by atoms with Crippen molar-refractivity contribution in [1.29, 1.82) is 0 Å². The van der Waals surface area contributed by atoms with Crippen molar-refractivity contribution in [1.82, 2.24) is 4.57 Å². The van der Waals surface area contributed by atoms with Gasteiger partial charge in [-0.2, -0.15) is 0 Å². The number of aromatic nitrogens is 1. The number of benzene rings is 2. The van der Waals surface area contributed by atoms with Crippen LogP contribution >= 0.6 is 0 Å². The molecule has 3 rings (SSSR count). The van der Waals surface area contributed by atoms with Crippen LogP contribution in [0.5, 0.6) is 11.5 Å². The lowest BCUT2D eigenvalue weighted by Gasteiger charge is -2.13. The summed E-state index contributed by atoms with van der Waals surface area (Å²) in [5.74, 6) is 0.165. The molecule has 2 aromatic carbocycles. The minimum absolute atomic E-state index is 0.390. The number of esters is 1. The van der Waals surface area contributed by atoms with E-state index in [1.165, 1.54) is 0 Å². The summed E-state index contributed by atoms with van der Waals surface area (Å²) in [6.07, 6.45) is 1.70. The Hall–Kier alpha value is -3.48. The molecule has 1 heterocycles. The number of nitrogens with one attached hydrogen (secondary N) is 1. The van der Waals surface area contributed by atoms with Gasteiger partial charge in [-0.05, 0) is 32.0 Å². The Bertz CT molecular complexity index is 1030. The maximum absolute atomic E-state index is 12.4. The number of aryl methyl sites for hydroxylation is 1. The summed E-state index contributed by atoms with van der Waals surface area (Å²) < 4.78 is 18.1. The topological polar surface area (TPSA) is 78.8 Å². The number of para-hydroxylation sites is 1. The number of hydrogen-bond donors (Lipinski definition) is 1. The monoisotopic (exact) mass is 396 g/mol. The summed E-state index contributed by atoms with van der Waals surface area (Å²) in [7, 11) is 1.85. The van der Waals surface area contributed by atoms with Gasteiger partial charge in [0, 0.05) is 35.9 Å². The van der Waals surface area contributed by atoms with Crippen LogP contribution in [0.4, 0.5) is 5.69 Å². The summed E-state index contributed by atoms with van der Waals surface area (Å²) in [6, 6.07) is 12.6. The minimum Gasteiger partial charge on any atom is -0.490 e. The maximum Gasteiger partial charge on any atom is 0.340 e. The molecule has 7 nitrogen and oxygen atoms in total. The summed E-state index contributed by atoms with van der Waals surface area (Å²) in [6.45, 7) is 4.35. The van der Waals surface area contributed by atoms with Crippen molar-refractivity contribution >= 4 is 28.5 Å². The fourth-order valence-corrected chi connectivity index (χ4v) is 3.04. The highest BCUT2D eigenvalue weighted by Crippen LogP contribution is 2.30. The summed E-state index contributed by atoms with van der Waals surface area (Å²) in [5.41, 5.74) is 1.88. The van der Waals surface area contributed by atoms with Crippen LogP contribution in [0.15, 0.2) is 48.7 Å². The van der Waals surface area contributed by atoms with E-state index in [1.54, 1.807) is 24.4 Å². The Morgan fingerprint density at radius 2 is 1.72 bits per heavy atom. The number of fused-ring (bicyclic) bond motifs is 1. The van der Waals surface area contributed by atoms with E-state index in [9.17, 15) is 9.59 Å². The van der Waals surface area contributed by atoms with Gasteiger partial charge in [-0.15, -0.1) is 0 Å². The lowest BCUT2D eigenvalue weighted by atomic mass is 10.2. The van der Waals surface area contributed by atoms with Crippen molar-refractivity contribution in [3.8, 4) is 11.5 Å². The zero-order chi connectivity index (χ0) is 20.8. The van der Waals surface area contributed by atoms with Crippen molar-refractivity contribution in [2.45, 2.75) is 13.8 Å². The summed E-state index contributed by atoms with van der Waals surface area (Å²) >= 11 is 0. The molecule has 0 saturated heterocycles. The van der Waals surface area contributed by atoms with Crippen LogP contribution in [0.2, 0.25) is 0 Å². The molecule has 0 aliphatic carbocycles. The summed E-state index contributed by atoms with van der Waals surface area (Å²) in [4.78, 5) is 24.7. The van der Waals surface area contributed by atoms with E-state index in [0.717, 1.165) is 10.9 Å². The summed E-state index contributed by atoms with van der Waals surface area (Å²) in [5, 5.41) is 3.49. The lowest BCUT2D eigenvalue weighted by molar-refractivity contribution is -0.119. The molecule has 0 aliphatic rings. The van der Waals surface area contributed by atoms with Gasteiger partial charge in [0.25, 0.3) is 5.91 Å². The van der Waals surface area contributed by atoms with Gasteiger partial charge in [-0.1, -0.05) is 18.2 Å². The smallest absolute Gasteiger partial charge is 0.340 e. The van der Waals surface area contributed by atoms with Crippen LogP contribution in [0.3, 0.4) is 0 Å². The molecule has 1 N–H and O–H groups in total. The minimum atomic E-state index is -0.543. The standard InChI is InChI=1S/C22H24N2O5/c1-4-27-19-11-10-15(12-20(19)28-5-2)23-21(25)14-29-22(26)17-13-24(3)18-9-7-6-8-16(17)18/h6-13H,4-5,14H2,1-3H3,(H,23,25). The molecule has 0 bridgehead atoms. The Morgan fingerprint density at radius 3 is 2.48 bits per heavy atom. The molecule has 152 valence electrons. The van der Waals surface area contributed by atoms with Crippen LogP contribution in [-0.4, -0.2) is 36.3 Å². The second-order valence-corrected chi connectivity index (χ2v) is 6.32. The first kappa shape index (κ1) is 20.3. The van der Waals surface area contributed by atoms with E-state index < -0.39 is 11.9 Å². The van der Waals surface area contributed by atoms with Crippen LogP contribution < -0.4 is 14.8 Å². The van der Waals surface area contributed by atoms with E-state index in [0.29, 0.717) is 36.0 Å². The van der Waals surface area contributed by atoms with Gasteiger partial charge in [0.05, 0.1) is 18.8 Å². The van der Waals surface area contributed by atoms with E-state index in [2.05, 4.69) is 5.32 Å². The fraction of sp³-hybridized carbons (Fsp3) is 0.273. The number of amides is 1. The molecule has 0 saturated carbocycles. The SMILES string of the molecule is CCOc1ccc(NC(=O)COC(=O)c2cn(C)c3ccccc23)cc1OCC. The molecule has 0 atom stereocenters. The molecule has 0 radical (unpaired) electrons. The third-order valence-electron chi connectivity index (χ3n) is 4.28. The Labute approximate surface area is 169 Å². The quantitative estimate of drug-likeness (QED) is 0.587. The Morgan fingerprint density at radius 1 is 1.00 bits per heavy atom. The van der Waals surface area contributed by atoms with Gasteiger partial charge < -0.3 is 24.1 Å². The third kappa shape index (κ3) is 4.68. The second-order valence-electron chi connectivity index (χ2n) is 6.32. The van der Waals surface area contributed by atoms with Gasteiger partial charge in [0.1, 0.15) is 0 Å². The highest BCUT2D eigenvalue weighted by atomic mass is 16.5. The molecular weight excluding hydrogens is 372 g/mol. The first-order chi connectivity index (χ1) is 14.0. The molecule has 3 aromatic rings. The van der Waals surface area contributed by atoms with Crippen LogP contribution in [0.1, 0.15) is 24.2 Å². The second kappa shape index (κ2) is 9.14. The molecule has 0 aliphatic heterocycles. The van der Waals surface area contributed by atoms with Crippen LogP contribution in [0.25, 0.3) is 10.9 Å². The number of anilines is 1. The number of ether oxygens (including phenoxy) is 3. The largest absolute Gasteiger partial charge is 0.490 e. The normalized spacial score (nSPS) is 10.6. The zero-order valence-electron chi connectivity index (χ0n) is 16.7. The number of nitrogens with zero attached hydrogens (tertiary/aromatic N) is 1. The van der Waals surface area contributed by atoms with Gasteiger partial charge in [0.15, 0.2) is 18.1 Å². The first-order valence-electron chi connectivity index (χ1n) is 9.44. The van der Waals surface area contributed by atoms with E-state index in [1.807, 2.05) is 49.7 Å². The number of carbonyl (C=O) groups excluding carboxylic acids is 2. The lowest BCUT2D eigenvalue weighted by Crippen LogP contribution is -2.21. The molecule has 1 amide bonds. The average Bonchev–Trinajstić information content (AvgIpc) is 3.05. The fourth-order valence-electron chi connectivity index (χ4n) is 3.04. The van der Waals surface area contributed by atoms with Crippen LogP contribution in [0, 0.1) is 0 Å². The van der Waals surface area contributed by atoms with Crippen molar-refractivity contribution in [3.05, 3.63) is 54.2 Å². The van der Waals surface area contributed by atoms with E-state index in [4.69, 9.17) is 14.2 Å². The van der Waals surface area contributed by atoms with E-state index in [-0.39, 0.29) is 6.61 Å². The highest BCUT2D eigenvalue weighted by molar-refractivity contribution is 6.05. The van der Waals surface area contributed by atoms with Crippen molar-refractivity contribution in [2.75, 3.05) is 25.1 Å². The first-order valence-corrected chi connectivity index (χ1v) is 9.44. The van der Waals surface area contributed by atoms with Crippen molar-refractivity contribution < 1.29 is 23.8 Å². The van der Waals surface area contributed by atoms with Gasteiger partial charge in [-0.25, -0.2) is 4.79 Å². The Kier molecular flexibility index (Phi) is 6.39. The molecule has 1 aromatic heterocycles. The molecule has 0 unspecified atom stereocenters. The molecule has 0 fully saturated rings. The molecule has 7 heteroatoms. The van der Waals surface area contributed by atoms with Crippen LogP contribution in [-0.2, 0) is 16.6 Å². The molecule has 29 heavy (non-hydrogen) atoms. The average molecular weight is 396 g/mol. The number of rotatable bonds is 8. The van der Waals surface area contributed by atoms with Gasteiger partial charge in [-0.3, -0.25) is 4.79 Å². The molecular formula is C22H24N2O5.